The second-order valence-electron chi connectivity index (χ2n) is 7.52. The molecule has 4 rings (SSSR count). The fourth-order valence-electron chi connectivity index (χ4n) is 3.67. The average Bonchev–Trinajstić information content (AvgIpc) is 3.39. The highest BCUT2D eigenvalue weighted by Gasteiger charge is 2.30. The maximum Gasteiger partial charge on any atom is 0.491 e. The zero-order valence-corrected chi connectivity index (χ0v) is 19.2. The monoisotopic (exact) mass is 507 g/mol. The lowest BCUT2D eigenvalue weighted by Gasteiger charge is -2.21. The summed E-state index contributed by atoms with van der Waals surface area (Å²) in [6.45, 7) is -0.170. The van der Waals surface area contributed by atoms with Gasteiger partial charge in [-0.05, 0) is 40.3 Å². The first-order valence-electron chi connectivity index (χ1n) is 9.93. The molecule has 0 unspecified atom stereocenters. The summed E-state index contributed by atoms with van der Waals surface area (Å²) in [5, 5.41) is 22.4. The smallest absolute Gasteiger partial charge is 0.480 e. The molecular weight excluding hydrogens is 489 g/mol. The van der Waals surface area contributed by atoms with Crippen molar-refractivity contribution in [3.05, 3.63) is 56.6 Å². The first-order chi connectivity index (χ1) is 15.7. The van der Waals surface area contributed by atoms with Gasteiger partial charge in [-0.15, -0.1) is 0 Å². The highest BCUT2D eigenvalue weighted by molar-refractivity contribution is 6.62. The number of halogens is 2. The Morgan fingerprint density at radius 3 is 2.53 bits per heavy atom. The lowest BCUT2D eigenvalue weighted by Crippen LogP contribution is -2.41. The number of rotatable bonds is 7. The van der Waals surface area contributed by atoms with Crippen LogP contribution in [-0.4, -0.2) is 72.5 Å². The zero-order valence-electron chi connectivity index (χ0n) is 17.6. The molecule has 0 saturated carbocycles. The molecule has 0 bridgehead atoms. The number of nitrogens with one attached hydrogen (secondary N) is 1. The number of carboxylic acids is 1. The molecule has 2 aliphatic heterocycles. The maximum absolute atomic E-state index is 13.0. The Morgan fingerprint density at radius 2 is 1.79 bits per heavy atom. The van der Waals surface area contributed by atoms with Gasteiger partial charge in [-0.1, -0.05) is 29.3 Å². The van der Waals surface area contributed by atoms with Gasteiger partial charge in [0.1, 0.15) is 6.54 Å². The normalized spacial score (nSPS) is 13.4. The van der Waals surface area contributed by atoms with E-state index in [0.717, 1.165) is 10.5 Å². The van der Waals surface area contributed by atoms with Crippen molar-refractivity contribution in [3.63, 3.8) is 0 Å². The van der Waals surface area contributed by atoms with Crippen molar-refractivity contribution >= 4 is 66.5 Å². The third-order valence-electron chi connectivity index (χ3n) is 5.34. The molecule has 10 nitrogen and oxygen atoms in total. The van der Waals surface area contributed by atoms with E-state index in [9.17, 15) is 24.5 Å². The zero-order chi connectivity index (χ0) is 23.7. The van der Waals surface area contributed by atoms with Crippen molar-refractivity contribution in [2.24, 2.45) is 0 Å². The molecule has 0 fully saturated rings. The van der Waals surface area contributed by atoms with Crippen LogP contribution in [0.4, 0.5) is 0 Å². The van der Waals surface area contributed by atoms with Crippen LogP contribution in [0.25, 0.3) is 0 Å². The van der Waals surface area contributed by atoms with Gasteiger partial charge in [-0.2, -0.15) is 0 Å². The van der Waals surface area contributed by atoms with Crippen LogP contribution in [0.2, 0.25) is 10.0 Å². The summed E-state index contributed by atoms with van der Waals surface area (Å²) in [6, 6.07) is 6.00. The Balaban J connectivity index is 0.00000324. The number of hydrogen-bond donors (Lipinski definition) is 3. The van der Waals surface area contributed by atoms with Gasteiger partial charge in [-0.25, -0.2) is 0 Å². The van der Waals surface area contributed by atoms with Gasteiger partial charge in [0.25, 0.3) is 11.8 Å². The Morgan fingerprint density at radius 1 is 1.09 bits per heavy atom. The highest BCUT2D eigenvalue weighted by Crippen LogP contribution is 2.22. The molecule has 2 aliphatic rings. The summed E-state index contributed by atoms with van der Waals surface area (Å²) in [4.78, 5) is 37.9. The minimum Gasteiger partial charge on any atom is -0.480 e. The van der Waals surface area contributed by atoms with Crippen LogP contribution in [-0.2, 0) is 27.3 Å². The van der Waals surface area contributed by atoms with E-state index in [1.54, 1.807) is 6.07 Å². The van der Waals surface area contributed by atoms with E-state index in [4.69, 9.17) is 32.5 Å². The molecule has 0 saturated heterocycles. The lowest BCUT2D eigenvalue weighted by molar-refractivity contribution is -0.137. The predicted molar refractivity (Wildman–Crippen MR) is 125 cm³/mol. The number of carbonyl (C=O) groups is 3. The average molecular weight is 508 g/mol. The fourth-order valence-corrected chi connectivity index (χ4v) is 4.23. The summed E-state index contributed by atoms with van der Waals surface area (Å²) < 4.78 is 10.3. The molecule has 5 N–H and O–H groups in total. The van der Waals surface area contributed by atoms with E-state index in [1.165, 1.54) is 25.7 Å². The number of carboxylic acid groups (broad SMARTS) is 1. The molecule has 0 atom stereocenters. The van der Waals surface area contributed by atoms with Gasteiger partial charge in [0.05, 0.1) is 13.2 Å². The second-order valence-corrected chi connectivity index (χ2v) is 8.33. The topological polar surface area (TPSA) is 157 Å². The van der Waals surface area contributed by atoms with E-state index >= 15 is 0 Å². The Labute approximate surface area is 205 Å². The Hall–Kier alpha value is -2.60. The van der Waals surface area contributed by atoms with Crippen LogP contribution in [0.1, 0.15) is 31.8 Å². The van der Waals surface area contributed by atoms with Crippen molar-refractivity contribution in [3.8, 4) is 0 Å². The van der Waals surface area contributed by atoms with Crippen molar-refractivity contribution in [1.82, 2.24) is 10.2 Å². The second kappa shape index (κ2) is 10.8. The molecule has 1 radical (unpaired) electrons. The lowest BCUT2D eigenvalue weighted by atomic mass is 9.78. The summed E-state index contributed by atoms with van der Waals surface area (Å²) in [5.41, 5.74) is 2.88. The van der Waals surface area contributed by atoms with Crippen LogP contribution in [0.3, 0.4) is 0 Å². The van der Waals surface area contributed by atoms with Crippen molar-refractivity contribution in [2.45, 2.75) is 13.2 Å². The molecule has 2 amide bonds. The molecule has 0 spiro atoms. The van der Waals surface area contributed by atoms with Gasteiger partial charge in [0.15, 0.2) is 0 Å². The van der Waals surface area contributed by atoms with Gasteiger partial charge < -0.3 is 35.1 Å². The first-order valence-corrected chi connectivity index (χ1v) is 10.7. The van der Waals surface area contributed by atoms with Crippen LogP contribution in [0.5, 0.6) is 0 Å². The van der Waals surface area contributed by atoms with Crippen LogP contribution in [0, 0.1) is 0 Å². The number of nitrogens with zero attached hydrogens (tertiary/aromatic N) is 1. The number of benzene rings is 2. The minimum atomic E-state index is -1.20. The Kier molecular flexibility index (Phi) is 8.24. The largest absolute Gasteiger partial charge is 0.491 e. The quantitative estimate of drug-likeness (QED) is 0.410. The van der Waals surface area contributed by atoms with E-state index in [0.29, 0.717) is 33.1 Å². The molecule has 177 valence electrons. The van der Waals surface area contributed by atoms with E-state index < -0.39 is 31.4 Å². The summed E-state index contributed by atoms with van der Waals surface area (Å²) in [6.07, 6.45) is 0. The van der Waals surface area contributed by atoms with Gasteiger partial charge >= 0.3 is 20.6 Å². The third-order valence-corrected chi connectivity index (χ3v) is 6.01. The first kappa shape index (κ1) is 26.0. The van der Waals surface area contributed by atoms with Crippen molar-refractivity contribution in [1.29, 1.82) is 0 Å². The summed E-state index contributed by atoms with van der Waals surface area (Å²) in [7, 11) is 0.333. The number of fused-ring (bicyclic) bond motifs is 2. The minimum absolute atomic E-state index is 0. The number of aliphatic carboxylic acids is 1. The molecule has 2 heterocycles. The van der Waals surface area contributed by atoms with Crippen LogP contribution in [0.15, 0.2) is 24.3 Å². The summed E-state index contributed by atoms with van der Waals surface area (Å²) in [5.74, 6) is -2.23. The van der Waals surface area contributed by atoms with E-state index in [-0.39, 0.29) is 36.3 Å². The molecule has 0 aliphatic carbocycles. The number of hydrogen-bond acceptors (Lipinski definition) is 6. The van der Waals surface area contributed by atoms with Crippen molar-refractivity contribution in [2.75, 3.05) is 19.6 Å². The standard InChI is InChI=1S/C20H17B2Cl2N2O7.H2O/c23-16-6-11(3-14-12(16)8-32-21-14)20(30)26(7-18(27)28)2-1-25-19(29)10-4-15-13(17(24)5-10)9-33-22(15)31;/h3-6,31H,1-2,7-9H2,(H,25,29)(H,27,28);1H2. The predicted octanol–water partition coefficient (Wildman–Crippen LogP) is -0.882. The van der Waals surface area contributed by atoms with E-state index in [2.05, 4.69) is 5.32 Å². The molecule has 14 heteroatoms. The maximum atomic E-state index is 13.0. The van der Waals surface area contributed by atoms with Gasteiger partial charge in [0.2, 0.25) is 0 Å². The van der Waals surface area contributed by atoms with Crippen LogP contribution < -0.4 is 16.2 Å². The number of carbonyl (C=O) groups excluding carboxylic acids is 2. The van der Waals surface area contributed by atoms with Gasteiger partial charge in [-0.3, -0.25) is 14.4 Å². The molecular formula is C20H19B2Cl2N2O8. The van der Waals surface area contributed by atoms with Crippen LogP contribution >= 0.6 is 23.2 Å². The number of amides is 2. The third kappa shape index (κ3) is 5.38. The van der Waals surface area contributed by atoms with Crippen molar-refractivity contribution < 1.29 is 39.3 Å². The molecule has 2 aromatic rings. The molecule has 34 heavy (non-hydrogen) atoms. The molecule has 2 aromatic carbocycles. The molecule has 0 aromatic heterocycles. The summed E-state index contributed by atoms with van der Waals surface area (Å²) >= 11 is 12.4. The van der Waals surface area contributed by atoms with E-state index in [1.807, 2.05) is 0 Å². The highest BCUT2D eigenvalue weighted by atomic mass is 35.5. The fraction of sp³-hybridized carbons (Fsp3) is 0.250. The Bertz CT molecular complexity index is 1150. The van der Waals surface area contributed by atoms with Gasteiger partial charge in [0, 0.05) is 34.3 Å². The SMILES string of the molecule is O.O=C(O)CN(CCNC(=O)c1cc(Cl)c2c(c1)B(O)OC2)C(=O)c1cc(Cl)c2c(c1)[B]OC2.